The highest BCUT2D eigenvalue weighted by Crippen LogP contribution is 2.51. The van der Waals surface area contributed by atoms with Crippen LogP contribution in [-0.2, 0) is 24.2 Å². The third kappa shape index (κ3) is 5.61. The average molecular weight is 626 g/mol. The van der Waals surface area contributed by atoms with Gasteiger partial charge < -0.3 is 19.3 Å². The van der Waals surface area contributed by atoms with Gasteiger partial charge in [0.15, 0.2) is 0 Å². The van der Waals surface area contributed by atoms with E-state index >= 15 is 4.39 Å². The van der Waals surface area contributed by atoms with Crippen LogP contribution in [0.2, 0.25) is 10.0 Å². The summed E-state index contributed by atoms with van der Waals surface area (Å²) in [4.78, 5) is 17.5. The van der Waals surface area contributed by atoms with E-state index in [9.17, 15) is 23.1 Å². The second kappa shape index (κ2) is 10.8. The van der Waals surface area contributed by atoms with Gasteiger partial charge in [-0.15, -0.1) is 0 Å². The second-order valence-electron chi connectivity index (χ2n) is 11.0. The number of carboxylic acids is 1. The summed E-state index contributed by atoms with van der Waals surface area (Å²) >= 11 is 12.7. The number of likely N-dealkylation sites (tertiary alicyclic amines) is 1. The number of aromatic nitrogens is 1. The number of nitrogens with zero attached hydrogens (tertiary/aromatic N) is 3. The molecular weight excluding hydrogens is 601 g/mol. The summed E-state index contributed by atoms with van der Waals surface area (Å²) in [6.45, 7) is 0.201. The van der Waals surface area contributed by atoms with E-state index in [1.807, 2.05) is 4.90 Å². The molecule has 0 radical (unpaired) electrons. The number of halogens is 6. The molecule has 3 aromatic rings. The number of amidine groups is 1. The van der Waals surface area contributed by atoms with Crippen LogP contribution >= 0.6 is 23.2 Å². The Balaban J connectivity index is 1.11. The van der Waals surface area contributed by atoms with Gasteiger partial charge in [0.1, 0.15) is 34.5 Å². The number of piperidine rings is 1. The van der Waals surface area contributed by atoms with Crippen molar-refractivity contribution >= 4 is 40.7 Å². The maximum atomic E-state index is 15.8. The number of aliphatic imine (C=N–C) groups is 1. The molecule has 0 amide bonds. The normalized spacial score (nSPS) is 20.4. The molecule has 222 valence electrons. The molecule has 1 unspecified atom stereocenters. The summed E-state index contributed by atoms with van der Waals surface area (Å²) in [5.74, 6) is -4.79. The van der Waals surface area contributed by atoms with E-state index in [0.717, 1.165) is 6.07 Å². The van der Waals surface area contributed by atoms with Gasteiger partial charge in [0.2, 0.25) is 0 Å². The monoisotopic (exact) mass is 625 g/mol. The molecular formula is C29H25Cl2F4N3O4. The maximum absolute atomic E-state index is 15.8. The molecule has 7 nitrogen and oxygen atoms in total. The summed E-state index contributed by atoms with van der Waals surface area (Å²) in [5.41, 5.74) is -0.190. The predicted octanol–water partition coefficient (Wildman–Crippen LogP) is 7.29. The SMILES string of the molecule is O=C(O)c1cc(F)c2c(c1)CC(N1CCC(F)(COCc3c(-c4c(Cl)cccc4Cl)noc3CC3CC3(F)F)CC1)=N2. The van der Waals surface area contributed by atoms with Crippen LogP contribution in [0.25, 0.3) is 11.3 Å². The van der Waals surface area contributed by atoms with Crippen LogP contribution in [-0.4, -0.2) is 58.3 Å². The molecule has 1 aromatic heterocycles. The van der Waals surface area contributed by atoms with E-state index in [-0.39, 0.29) is 68.0 Å². The van der Waals surface area contributed by atoms with E-state index in [0.29, 0.717) is 45.7 Å². The number of carboxylic acid groups (broad SMARTS) is 1. The largest absolute Gasteiger partial charge is 0.478 e. The number of hydrogen-bond acceptors (Lipinski definition) is 6. The van der Waals surface area contributed by atoms with Crippen LogP contribution in [0, 0.1) is 11.7 Å². The Kier molecular flexibility index (Phi) is 7.47. The Hall–Kier alpha value is -3.15. The van der Waals surface area contributed by atoms with Crippen molar-refractivity contribution in [3.8, 4) is 11.3 Å². The van der Waals surface area contributed by atoms with Crippen molar-refractivity contribution in [3.05, 3.63) is 68.6 Å². The van der Waals surface area contributed by atoms with Crippen LogP contribution in [0.1, 0.15) is 46.5 Å². The number of fused-ring (bicyclic) bond motifs is 1. The first-order valence-corrected chi connectivity index (χ1v) is 14.1. The molecule has 0 bridgehead atoms. The van der Waals surface area contributed by atoms with Gasteiger partial charge in [-0.3, -0.25) is 0 Å². The van der Waals surface area contributed by atoms with Crippen LogP contribution in [0.3, 0.4) is 0 Å². The lowest BCUT2D eigenvalue weighted by Crippen LogP contribution is -2.46. The quantitative estimate of drug-likeness (QED) is 0.264. The van der Waals surface area contributed by atoms with Gasteiger partial charge in [-0.1, -0.05) is 34.4 Å². The topological polar surface area (TPSA) is 88.2 Å². The molecule has 2 aromatic carbocycles. The summed E-state index contributed by atoms with van der Waals surface area (Å²) in [7, 11) is 0. The Bertz CT molecular complexity index is 1570. The Morgan fingerprint density at radius 2 is 1.86 bits per heavy atom. The number of ether oxygens (including phenoxy) is 1. The molecule has 13 heteroatoms. The zero-order chi connectivity index (χ0) is 29.8. The van der Waals surface area contributed by atoms with Crippen molar-refractivity contribution < 1.29 is 36.7 Å². The number of benzene rings is 2. The van der Waals surface area contributed by atoms with E-state index < -0.39 is 29.3 Å². The number of carbonyl (C=O) groups is 1. The van der Waals surface area contributed by atoms with Gasteiger partial charge in [-0.05, 0) is 29.8 Å². The van der Waals surface area contributed by atoms with Crippen molar-refractivity contribution in [3.63, 3.8) is 0 Å². The first-order chi connectivity index (χ1) is 19.9. The molecule has 0 spiro atoms. The summed E-state index contributed by atoms with van der Waals surface area (Å²) < 4.78 is 68.8. The fourth-order valence-corrected chi connectivity index (χ4v) is 6.07. The molecule has 3 aliphatic rings. The lowest BCUT2D eigenvalue weighted by molar-refractivity contribution is -0.0221. The summed E-state index contributed by atoms with van der Waals surface area (Å²) in [6, 6.07) is 7.24. The van der Waals surface area contributed by atoms with Crippen molar-refractivity contribution in [1.82, 2.24) is 10.1 Å². The number of aromatic carboxylic acids is 1. The Labute approximate surface area is 248 Å². The molecule has 1 aliphatic carbocycles. The molecule has 6 rings (SSSR count). The predicted molar refractivity (Wildman–Crippen MR) is 147 cm³/mol. The molecule has 1 atom stereocenters. The van der Waals surface area contributed by atoms with Crippen molar-refractivity contribution in [1.29, 1.82) is 0 Å². The molecule has 2 aliphatic heterocycles. The van der Waals surface area contributed by atoms with Gasteiger partial charge in [-0.2, -0.15) is 0 Å². The minimum atomic E-state index is -2.76. The summed E-state index contributed by atoms with van der Waals surface area (Å²) in [5, 5.41) is 13.9. The molecule has 2 fully saturated rings. The van der Waals surface area contributed by atoms with E-state index in [4.69, 9.17) is 32.5 Å². The Morgan fingerprint density at radius 1 is 1.17 bits per heavy atom. The van der Waals surface area contributed by atoms with Gasteiger partial charge in [0.05, 0.1) is 28.8 Å². The minimum absolute atomic E-state index is 0.0461. The fraction of sp³-hybridized carbons (Fsp3) is 0.414. The smallest absolute Gasteiger partial charge is 0.335 e. The third-order valence-corrected chi connectivity index (χ3v) is 8.70. The average Bonchev–Trinajstić information content (AvgIpc) is 3.23. The maximum Gasteiger partial charge on any atom is 0.335 e. The molecule has 3 heterocycles. The lowest BCUT2D eigenvalue weighted by Gasteiger charge is -2.37. The third-order valence-electron chi connectivity index (χ3n) is 8.07. The van der Waals surface area contributed by atoms with Crippen molar-refractivity contribution in [2.45, 2.75) is 50.3 Å². The van der Waals surface area contributed by atoms with Crippen LogP contribution in [0.15, 0.2) is 39.8 Å². The first kappa shape index (κ1) is 28.9. The van der Waals surface area contributed by atoms with Gasteiger partial charge in [0, 0.05) is 62.2 Å². The van der Waals surface area contributed by atoms with Gasteiger partial charge in [0.25, 0.3) is 5.92 Å². The number of rotatable bonds is 8. The zero-order valence-corrected chi connectivity index (χ0v) is 23.6. The molecule has 1 N–H and O–H groups in total. The van der Waals surface area contributed by atoms with Crippen LogP contribution in [0.4, 0.5) is 23.2 Å². The number of hydrogen-bond donors (Lipinski definition) is 1. The zero-order valence-electron chi connectivity index (χ0n) is 22.1. The Morgan fingerprint density at radius 3 is 2.50 bits per heavy atom. The highest BCUT2D eigenvalue weighted by Gasteiger charge is 2.57. The van der Waals surface area contributed by atoms with Gasteiger partial charge >= 0.3 is 5.97 Å². The molecule has 42 heavy (non-hydrogen) atoms. The standard InChI is InChI=1S/C29H25Cl2F4N3O4/c30-19-2-1-3-20(31)24(19)26-18(22(42-37-26)11-17-12-29(17,34)35)13-41-14-28(33)4-6-38(7-5-28)23-10-15-8-16(27(39)40)9-21(32)25(15)36-23/h1-3,8-9,17H,4-7,10-14H2,(H,39,40). The fourth-order valence-electron chi connectivity index (χ4n) is 5.49. The highest BCUT2D eigenvalue weighted by atomic mass is 35.5. The van der Waals surface area contributed by atoms with E-state index in [1.54, 1.807) is 18.2 Å². The highest BCUT2D eigenvalue weighted by molar-refractivity contribution is 6.39. The van der Waals surface area contributed by atoms with Crippen molar-refractivity contribution in [2.24, 2.45) is 10.9 Å². The summed E-state index contributed by atoms with van der Waals surface area (Å²) in [6.07, 6.45) is 0.185. The van der Waals surface area contributed by atoms with E-state index in [2.05, 4.69) is 10.1 Å². The van der Waals surface area contributed by atoms with Crippen molar-refractivity contribution in [2.75, 3.05) is 19.7 Å². The first-order valence-electron chi connectivity index (χ1n) is 13.4. The van der Waals surface area contributed by atoms with Crippen LogP contribution < -0.4 is 0 Å². The van der Waals surface area contributed by atoms with Crippen LogP contribution in [0.5, 0.6) is 0 Å². The van der Waals surface area contributed by atoms with E-state index in [1.165, 1.54) is 6.07 Å². The second-order valence-corrected chi connectivity index (χ2v) is 11.8. The number of alkyl halides is 3. The van der Waals surface area contributed by atoms with Gasteiger partial charge in [-0.25, -0.2) is 27.3 Å². The molecule has 1 saturated heterocycles. The lowest BCUT2D eigenvalue weighted by atomic mass is 9.93. The molecule has 1 saturated carbocycles. The minimum Gasteiger partial charge on any atom is -0.478 e.